The number of carbonyl (C=O) groups is 2. The topological polar surface area (TPSA) is 99.5 Å². The number of carboxylic acids is 1. The number of halogens is 1. The molecule has 2 bridgehead atoms. The average Bonchev–Trinajstić information content (AvgIpc) is 3.00. The average molecular weight is 611 g/mol. The van der Waals surface area contributed by atoms with Gasteiger partial charge in [-0.05, 0) is 97.7 Å². The van der Waals surface area contributed by atoms with E-state index < -0.39 is 23.9 Å². The highest BCUT2D eigenvalue weighted by molar-refractivity contribution is 6.30. The number of aliphatic hydroxyl groups is 1. The SMILES string of the molecule is CO[C@H]1/C=C/CCCN(C)C(=O)C[C@](O)(C(=O)O)c2ccc3c(c2)N(CCCCc2cc(Cl)ccc2CO3)C[C@@H]2CC[C@H]21. The maximum atomic E-state index is 13.2. The largest absolute Gasteiger partial charge is 0.487 e. The van der Waals surface area contributed by atoms with E-state index in [9.17, 15) is 19.8 Å². The third-order valence-electron chi connectivity index (χ3n) is 9.45. The molecule has 9 heteroatoms. The molecule has 2 N–H and O–H groups in total. The summed E-state index contributed by atoms with van der Waals surface area (Å²) in [4.78, 5) is 29.5. The molecule has 8 nitrogen and oxygen atoms in total. The molecule has 0 saturated heterocycles. The van der Waals surface area contributed by atoms with Crippen molar-refractivity contribution in [3.8, 4) is 5.75 Å². The summed E-state index contributed by atoms with van der Waals surface area (Å²) in [6, 6.07) is 10.9. The number of rotatable bonds is 2. The van der Waals surface area contributed by atoms with Gasteiger partial charge in [0.2, 0.25) is 5.91 Å². The molecule has 5 rings (SSSR count). The zero-order valence-corrected chi connectivity index (χ0v) is 25.9. The van der Waals surface area contributed by atoms with E-state index in [4.69, 9.17) is 21.1 Å². The van der Waals surface area contributed by atoms with Gasteiger partial charge in [-0.1, -0.05) is 35.9 Å². The van der Waals surface area contributed by atoms with Crippen molar-refractivity contribution in [3.63, 3.8) is 0 Å². The zero-order valence-electron chi connectivity index (χ0n) is 25.1. The second-order valence-electron chi connectivity index (χ2n) is 12.2. The normalized spacial score (nSPS) is 27.8. The van der Waals surface area contributed by atoms with E-state index in [0.29, 0.717) is 35.8 Å². The predicted octanol–water partition coefficient (Wildman–Crippen LogP) is 5.57. The van der Waals surface area contributed by atoms with Crippen molar-refractivity contribution in [2.75, 3.05) is 38.7 Å². The molecule has 2 aromatic rings. The highest BCUT2D eigenvalue weighted by Crippen LogP contribution is 2.42. The Morgan fingerprint density at radius 3 is 2.67 bits per heavy atom. The van der Waals surface area contributed by atoms with Crippen molar-refractivity contribution < 1.29 is 29.3 Å². The Kier molecular flexibility index (Phi) is 9.99. The molecule has 43 heavy (non-hydrogen) atoms. The number of aryl methyl sites for hydroxylation is 1. The molecule has 0 spiro atoms. The van der Waals surface area contributed by atoms with E-state index in [0.717, 1.165) is 74.8 Å². The van der Waals surface area contributed by atoms with Gasteiger partial charge in [-0.3, -0.25) is 4.79 Å². The zero-order chi connectivity index (χ0) is 30.6. The van der Waals surface area contributed by atoms with E-state index in [1.807, 2.05) is 18.2 Å². The summed E-state index contributed by atoms with van der Waals surface area (Å²) < 4.78 is 12.4. The van der Waals surface area contributed by atoms with Gasteiger partial charge in [0.1, 0.15) is 12.4 Å². The Labute approximate surface area is 259 Å². The lowest BCUT2D eigenvalue weighted by molar-refractivity contribution is -0.164. The Hall–Kier alpha value is -3.07. The molecular weight excluding hydrogens is 568 g/mol. The Bertz CT molecular complexity index is 1350. The molecule has 1 amide bonds. The fraction of sp³-hybridized carbons (Fsp3) is 0.529. The lowest BCUT2D eigenvalue weighted by atomic mass is 9.70. The number of fused-ring (bicyclic) bond motifs is 3. The van der Waals surface area contributed by atoms with Crippen molar-refractivity contribution in [2.45, 2.75) is 69.7 Å². The molecule has 0 aromatic heterocycles. The highest BCUT2D eigenvalue weighted by atomic mass is 35.5. The summed E-state index contributed by atoms with van der Waals surface area (Å²) in [5.74, 6) is -0.513. The lowest BCUT2D eigenvalue weighted by Gasteiger charge is -2.43. The van der Waals surface area contributed by atoms with Crippen LogP contribution in [0.1, 0.15) is 61.6 Å². The smallest absolute Gasteiger partial charge is 0.340 e. The van der Waals surface area contributed by atoms with Gasteiger partial charge in [0.25, 0.3) is 0 Å². The number of hydrogen-bond acceptors (Lipinski definition) is 6. The summed E-state index contributed by atoms with van der Waals surface area (Å²) >= 11 is 6.32. The maximum absolute atomic E-state index is 13.2. The number of carbonyl (C=O) groups excluding carboxylic acids is 1. The van der Waals surface area contributed by atoms with Gasteiger partial charge in [0.05, 0.1) is 18.2 Å². The summed E-state index contributed by atoms with van der Waals surface area (Å²) in [5, 5.41) is 22.5. The molecule has 2 aromatic carbocycles. The van der Waals surface area contributed by atoms with Gasteiger partial charge < -0.3 is 29.5 Å². The Balaban J connectivity index is 1.58. The number of hydrogen-bond donors (Lipinski definition) is 2. The standard InChI is InChI=1S/C34H43ClN2O6/c1-36-16-6-3-4-9-30(42-2)28-14-11-24(28)21-37-17-7-5-8-23-18-27(35)13-10-25(23)22-43-31-15-12-26(19-29(31)37)34(41,33(39)40)20-32(36)38/h4,9-10,12-13,15,18-19,24,28,30,41H,3,5-8,11,14,16-17,20-22H2,1-2H3,(H,39,40)/b9-4+/t24-,28+,30-,34+/m0/s1. The molecule has 1 fully saturated rings. The van der Waals surface area contributed by atoms with Crippen LogP contribution in [0, 0.1) is 11.8 Å². The van der Waals surface area contributed by atoms with E-state index in [1.54, 1.807) is 32.4 Å². The number of ether oxygens (including phenoxy) is 2. The van der Waals surface area contributed by atoms with Gasteiger partial charge in [0.15, 0.2) is 5.60 Å². The predicted molar refractivity (Wildman–Crippen MR) is 167 cm³/mol. The minimum absolute atomic E-state index is 0.0103. The van der Waals surface area contributed by atoms with Crippen molar-refractivity contribution in [1.82, 2.24) is 4.90 Å². The first-order chi connectivity index (χ1) is 20.7. The third-order valence-corrected chi connectivity index (χ3v) is 9.69. The fourth-order valence-electron chi connectivity index (χ4n) is 6.59. The molecule has 2 aliphatic heterocycles. The number of nitrogens with zero attached hydrogens (tertiary/aromatic N) is 2. The van der Waals surface area contributed by atoms with Crippen molar-refractivity contribution in [2.24, 2.45) is 11.8 Å². The molecular formula is C34H43ClN2O6. The van der Waals surface area contributed by atoms with Gasteiger partial charge in [0, 0.05) is 38.8 Å². The van der Waals surface area contributed by atoms with Crippen LogP contribution >= 0.6 is 11.6 Å². The summed E-state index contributed by atoms with van der Waals surface area (Å²) in [5.41, 5.74) is 0.743. The van der Waals surface area contributed by atoms with Gasteiger partial charge in [-0.15, -0.1) is 0 Å². The highest BCUT2D eigenvalue weighted by Gasteiger charge is 2.42. The summed E-state index contributed by atoms with van der Waals surface area (Å²) in [7, 11) is 3.41. The minimum atomic E-state index is -2.38. The van der Waals surface area contributed by atoms with Crippen LogP contribution in [-0.4, -0.2) is 66.9 Å². The van der Waals surface area contributed by atoms with Crippen LogP contribution in [0.4, 0.5) is 5.69 Å². The molecule has 2 heterocycles. The van der Waals surface area contributed by atoms with Crippen LogP contribution in [0.2, 0.25) is 5.02 Å². The van der Waals surface area contributed by atoms with E-state index in [1.165, 1.54) is 4.90 Å². The summed E-state index contributed by atoms with van der Waals surface area (Å²) in [6.45, 7) is 2.28. The quantitative estimate of drug-likeness (QED) is 0.429. The number of allylic oxidation sites excluding steroid dienone is 1. The van der Waals surface area contributed by atoms with Crippen molar-refractivity contribution in [1.29, 1.82) is 0 Å². The van der Waals surface area contributed by atoms with Crippen LogP contribution in [0.15, 0.2) is 48.6 Å². The third kappa shape index (κ3) is 7.03. The monoisotopic (exact) mass is 610 g/mol. The second kappa shape index (κ2) is 13.7. The van der Waals surface area contributed by atoms with E-state index in [-0.39, 0.29) is 11.7 Å². The van der Waals surface area contributed by atoms with Crippen molar-refractivity contribution >= 4 is 29.2 Å². The number of anilines is 1. The maximum Gasteiger partial charge on any atom is 0.340 e. The van der Waals surface area contributed by atoms with Crippen LogP contribution in [0.3, 0.4) is 0 Å². The molecule has 3 aliphatic rings. The van der Waals surface area contributed by atoms with Crippen LogP contribution in [0.5, 0.6) is 5.75 Å². The molecule has 232 valence electrons. The molecule has 0 radical (unpaired) electrons. The first-order valence-corrected chi connectivity index (χ1v) is 15.8. The van der Waals surface area contributed by atoms with Gasteiger partial charge >= 0.3 is 5.97 Å². The molecule has 1 saturated carbocycles. The van der Waals surface area contributed by atoms with E-state index in [2.05, 4.69) is 17.1 Å². The van der Waals surface area contributed by atoms with Gasteiger partial charge in [-0.2, -0.15) is 0 Å². The fourth-order valence-corrected chi connectivity index (χ4v) is 6.78. The number of benzene rings is 2. The first kappa shape index (κ1) is 31.4. The second-order valence-corrected chi connectivity index (χ2v) is 12.7. The summed E-state index contributed by atoms with van der Waals surface area (Å²) in [6.07, 6.45) is 10.1. The number of carboxylic acid groups (broad SMARTS) is 1. The first-order valence-electron chi connectivity index (χ1n) is 15.4. The minimum Gasteiger partial charge on any atom is -0.487 e. The number of aliphatic carboxylic acids is 1. The number of amides is 1. The number of methoxy groups -OCH3 is 1. The Morgan fingerprint density at radius 1 is 1.09 bits per heavy atom. The molecule has 0 unspecified atom stereocenters. The van der Waals surface area contributed by atoms with E-state index >= 15 is 0 Å². The van der Waals surface area contributed by atoms with Gasteiger partial charge in [-0.25, -0.2) is 4.79 Å². The van der Waals surface area contributed by atoms with Crippen LogP contribution in [-0.2, 0) is 33.0 Å². The lowest BCUT2D eigenvalue weighted by Crippen LogP contribution is -2.44. The molecule has 4 atom stereocenters. The van der Waals surface area contributed by atoms with Crippen LogP contribution < -0.4 is 9.64 Å². The Morgan fingerprint density at radius 2 is 1.93 bits per heavy atom. The molecule has 1 aliphatic carbocycles. The van der Waals surface area contributed by atoms with Crippen LogP contribution in [0.25, 0.3) is 0 Å². The van der Waals surface area contributed by atoms with Crippen molar-refractivity contribution in [3.05, 3.63) is 70.3 Å².